The topological polar surface area (TPSA) is 58.3 Å². The maximum Gasteiger partial charge on any atom is 0.127 e. The van der Waals surface area contributed by atoms with Gasteiger partial charge < -0.3 is 16.2 Å². The van der Waals surface area contributed by atoms with Gasteiger partial charge in [0.25, 0.3) is 0 Å². The molecule has 4 heteroatoms. The van der Waals surface area contributed by atoms with Crippen LogP contribution in [0.25, 0.3) is 0 Å². The van der Waals surface area contributed by atoms with Crippen molar-refractivity contribution in [1.29, 1.82) is 0 Å². The van der Waals surface area contributed by atoms with Gasteiger partial charge in [0, 0.05) is 23.5 Å². The van der Waals surface area contributed by atoms with Crippen molar-refractivity contribution < 1.29 is 9.50 Å². The van der Waals surface area contributed by atoms with Crippen molar-refractivity contribution in [3.05, 3.63) is 24.0 Å². The van der Waals surface area contributed by atoms with Crippen LogP contribution >= 0.6 is 0 Å². The first-order valence-electron chi connectivity index (χ1n) is 5.44. The number of anilines is 2. The van der Waals surface area contributed by atoms with Crippen molar-refractivity contribution >= 4 is 11.4 Å². The summed E-state index contributed by atoms with van der Waals surface area (Å²) in [6.45, 7) is 4.11. The van der Waals surface area contributed by atoms with Crippen molar-refractivity contribution in [1.82, 2.24) is 0 Å². The van der Waals surface area contributed by atoms with Gasteiger partial charge in [0.1, 0.15) is 5.82 Å². The molecule has 0 amide bonds. The first-order valence-corrected chi connectivity index (χ1v) is 5.44. The van der Waals surface area contributed by atoms with Crippen molar-refractivity contribution in [2.45, 2.75) is 32.2 Å². The van der Waals surface area contributed by atoms with Crippen molar-refractivity contribution in [2.75, 3.05) is 17.7 Å². The van der Waals surface area contributed by atoms with Crippen molar-refractivity contribution in [3.8, 4) is 0 Å². The highest BCUT2D eigenvalue weighted by Crippen LogP contribution is 2.24. The van der Waals surface area contributed by atoms with E-state index in [1.165, 1.54) is 12.1 Å². The van der Waals surface area contributed by atoms with Crippen LogP contribution in [0.3, 0.4) is 0 Å². The number of nitrogens with two attached hydrogens (primary N) is 1. The minimum Gasteiger partial charge on any atom is -0.399 e. The van der Waals surface area contributed by atoms with Gasteiger partial charge in [-0.2, -0.15) is 0 Å². The zero-order valence-corrected chi connectivity index (χ0v) is 9.76. The monoisotopic (exact) mass is 226 g/mol. The molecule has 1 unspecified atom stereocenters. The highest BCUT2D eigenvalue weighted by atomic mass is 19.1. The second kappa shape index (κ2) is 5.16. The second-order valence-corrected chi connectivity index (χ2v) is 4.29. The van der Waals surface area contributed by atoms with Crippen LogP contribution in [0.15, 0.2) is 18.2 Å². The predicted octanol–water partition coefficient (Wildman–Crippen LogP) is 2.37. The van der Waals surface area contributed by atoms with Crippen molar-refractivity contribution in [2.24, 2.45) is 0 Å². The molecule has 0 aliphatic heterocycles. The molecular formula is C12H19FN2O. The number of halogens is 1. The van der Waals surface area contributed by atoms with Gasteiger partial charge in [-0.1, -0.05) is 6.92 Å². The van der Waals surface area contributed by atoms with Crippen molar-refractivity contribution in [3.63, 3.8) is 0 Å². The number of rotatable bonds is 5. The van der Waals surface area contributed by atoms with Crippen LogP contribution in [-0.4, -0.2) is 17.3 Å². The van der Waals surface area contributed by atoms with Gasteiger partial charge in [-0.25, -0.2) is 4.39 Å². The number of hydrogen-bond donors (Lipinski definition) is 3. The third-order valence-corrected chi connectivity index (χ3v) is 2.81. The first kappa shape index (κ1) is 12.8. The zero-order valence-electron chi connectivity index (χ0n) is 9.76. The fourth-order valence-corrected chi connectivity index (χ4v) is 1.61. The molecule has 0 aliphatic rings. The number of benzene rings is 1. The van der Waals surface area contributed by atoms with Crippen LogP contribution < -0.4 is 11.1 Å². The van der Waals surface area contributed by atoms with Gasteiger partial charge >= 0.3 is 0 Å². The Balaban J connectivity index is 2.85. The highest BCUT2D eigenvalue weighted by molar-refractivity contribution is 5.55. The van der Waals surface area contributed by atoms with Gasteiger partial charge in [0.05, 0.1) is 0 Å². The number of nitrogen functional groups attached to an aromatic ring is 1. The summed E-state index contributed by atoms with van der Waals surface area (Å²) in [5, 5.41) is 12.2. The van der Waals surface area contributed by atoms with Gasteiger partial charge in [-0.05, 0) is 38.0 Å². The van der Waals surface area contributed by atoms with E-state index in [-0.39, 0.29) is 18.0 Å². The molecule has 0 saturated heterocycles. The number of aliphatic hydroxyl groups excluding tert-OH is 1. The lowest BCUT2D eigenvalue weighted by molar-refractivity contribution is 0.252. The fourth-order valence-electron chi connectivity index (χ4n) is 1.61. The van der Waals surface area contributed by atoms with Gasteiger partial charge in [-0.15, -0.1) is 0 Å². The van der Waals surface area contributed by atoms with E-state index in [0.717, 1.165) is 6.42 Å². The molecular weight excluding hydrogens is 207 g/mol. The van der Waals surface area contributed by atoms with E-state index in [9.17, 15) is 4.39 Å². The number of aliphatic hydroxyl groups is 1. The Morgan fingerprint density at radius 3 is 2.62 bits per heavy atom. The Bertz CT molecular complexity index is 337. The van der Waals surface area contributed by atoms with Gasteiger partial charge in [0.2, 0.25) is 0 Å². The molecule has 1 atom stereocenters. The van der Waals surface area contributed by atoms with E-state index in [2.05, 4.69) is 5.32 Å². The van der Waals surface area contributed by atoms with Crippen LogP contribution in [0.4, 0.5) is 15.8 Å². The maximum atomic E-state index is 13.1. The summed E-state index contributed by atoms with van der Waals surface area (Å²) in [6.07, 6.45) is 1.45. The van der Waals surface area contributed by atoms with E-state index in [0.29, 0.717) is 17.8 Å². The predicted molar refractivity (Wildman–Crippen MR) is 64.8 cm³/mol. The van der Waals surface area contributed by atoms with Crippen LogP contribution in [-0.2, 0) is 0 Å². The third-order valence-electron chi connectivity index (χ3n) is 2.81. The summed E-state index contributed by atoms with van der Waals surface area (Å²) in [7, 11) is 0. The summed E-state index contributed by atoms with van der Waals surface area (Å²) in [4.78, 5) is 0. The van der Waals surface area contributed by atoms with Crippen LogP contribution in [0.1, 0.15) is 26.7 Å². The van der Waals surface area contributed by atoms with E-state index < -0.39 is 0 Å². The van der Waals surface area contributed by atoms with Crippen LogP contribution in [0.5, 0.6) is 0 Å². The fraction of sp³-hybridized carbons (Fsp3) is 0.500. The first-order chi connectivity index (χ1) is 7.49. The Morgan fingerprint density at radius 1 is 1.44 bits per heavy atom. The molecule has 90 valence electrons. The molecule has 0 fully saturated rings. The standard InChI is InChI=1S/C12H19FN2O/c1-3-12(2,4-5-16)15-11-7-9(13)6-10(14)8-11/h6-8,15-16H,3-5,14H2,1-2H3. The normalized spacial score (nSPS) is 14.5. The van der Waals surface area contributed by atoms with Gasteiger partial charge in [0.15, 0.2) is 0 Å². The van der Waals surface area contributed by atoms with Crippen LogP contribution in [0, 0.1) is 5.82 Å². The Hall–Kier alpha value is -1.29. The van der Waals surface area contributed by atoms with E-state index in [1.807, 2.05) is 13.8 Å². The molecule has 16 heavy (non-hydrogen) atoms. The van der Waals surface area contributed by atoms with Crippen LogP contribution in [0.2, 0.25) is 0 Å². The summed E-state index contributed by atoms with van der Waals surface area (Å²) < 4.78 is 13.1. The number of nitrogens with one attached hydrogen (secondary N) is 1. The molecule has 0 aromatic heterocycles. The Kier molecular flexibility index (Phi) is 4.12. The number of hydrogen-bond acceptors (Lipinski definition) is 3. The zero-order chi connectivity index (χ0) is 12.2. The Labute approximate surface area is 95.5 Å². The largest absolute Gasteiger partial charge is 0.399 e. The quantitative estimate of drug-likeness (QED) is 0.675. The molecule has 0 spiro atoms. The smallest absolute Gasteiger partial charge is 0.127 e. The molecule has 1 aromatic carbocycles. The molecule has 0 saturated carbocycles. The lowest BCUT2D eigenvalue weighted by Gasteiger charge is -2.30. The average Bonchev–Trinajstić information content (AvgIpc) is 2.16. The Morgan fingerprint density at radius 2 is 2.12 bits per heavy atom. The second-order valence-electron chi connectivity index (χ2n) is 4.29. The van der Waals surface area contributed by atoms with E-state index in [4.69, 9.17) is 10.8 Å². The van der Waals surface area contributed by atoms with Gasteiger partial charge in [-0.3, -0.25) is 0 Å². The molecule has 1 aromatic rings. The molecule has 0 aliphatic carbocycles. The highest BCUT2D eigenvalue weighted by Gasteiger charge is 2.21. The summed E-state index contributed by atoms with van der Waals surface area (Å²) in [6, 6.07) is 4.37. The summed E-state index contributed by atoms with van der Waals surface area (Å²) in [5.41, 5.74) is 6.37. The molecule has 0 heterocycles. The maximum absolute atomic E-state index is 13.1. The molecule has 0 bridgehead atoms. The molecule has 3 nitrogen and oxygen atoms in total. The lowest BCUT2D eigenvalue weighted by atomic mass is 9.94. The minimum absolute atomic E-state index is 0.0993. The minimum atomic E-state index is -0.357. The molecule has 1 rings (SSSR count). The SMILES string of the molecule is CCC(C)(CCO)Nc1cc(N)cc(F)c1. The van der Waals surface area contributed by atoms with E-state index in [1.54, 1.807) is 6.07 Å². The summed E-state index contributed by atoms with van der Waals surface area (Å²) >= 11 is 0. The molecule has 4 N–H and O–H groups in total. The molecule has 0 radical (unpaired) electrons. The third kappa shape index (κ3) is 3.38. The van der Waals surface area contributed by atoms with E-state index >= 15 is 0 Å². The average molecular weight is 226 g/mol. The lowest BCUT2D eigenvalue weighted by Crippen LogP contribution is -2.35. The summed E-state index contributed by atoms with van der Waals surface area (Å²) in [5.74, 6) is -0.357.